The molecule has 0 unspecified atom stereocenters. The molecular weight excluding hydrogens is 236 g/mol. The van der Waals surface area contributed by atoms with Gasteiger partial charge in [-0.05, 0) is 73.8 Å². The van der Waals surface area contributed by atoms with E-state index in [0.29, 0.717) is 11.1 Å². The fraction of sp³-hybridized carbons (Fsp3) is 0.688. The molecule has 4 aliphatic rings. The van der Waals surface area contributed by atoms with Gasteiger partial charge in [0, 0.05) is 12.7 Å². The van der Waals surface area contributed by atoms with Crippen molar-refractivity contribution in [2.75, 3.05) is 5.73 Å². The average molecular weight is 258 g/mol. The third kappa shape index (κ3) is 1.82. The second kappa shape index (κ2) is 3.87. The number of nitrogens with two attached hydrogens (primary N) is 1. The van der Waals surface area contributed by atoms with E-state index in [0.717, 1.165) is 24.3 Å². The fourth-order valence-corrected chi connectivity index (χ4v) is 5.52. The van der Waals surface area contributed by atoms with Crippen LogP contribution < -0.4 is 11.3 Å². The summed E-state index contributed by atoms with van der Waals surface area (Å²) in [5.74, 6) is 2.80. The number of hydrogen-bond acceptors (Lipinski definition) is 2. The lowest BCUT2D eigenvalue weighted by Gasteiger charge is -2.57. The number of nitrogen functional groups attached to an aromatic ring is 1. The van der Waals surface area contributed by atoms with Crippen molar-refractivity contribution in [3.8, 4) is 0 Å². The lowest BCUT2D eigenvalue weighted by Crippen LogP contribution is -2.48. The van der Waals surface area contributed by atoms with Gasteiger partial charge in [-0.1, -0.05) is 0 Å². The Morgan fingerprint density at radius 1 is 1.16 bits per heavy atom. The van der Waals surface area contributed by atoms with E-state index in [2.05, 4.69) is 0 Å². The largest absolute Gasteiger partial charge is 0.394 e. The molecule has 102 valence electrons. The van der Waals surface area contributed by atoms with Crippen LogP contribution in [0, 0.1) is 23.2 Å². The molecule has 0 saturated heterocycles. The molecule has 19 heavy (non-hydrogen) atoms. The van der Waals surface area contributed by atoms with Crippen LogP contribution in [0.2, 0.25) is 0 Å². The minimum atomic E-state index is -0.00162. The summed E-state index contributed by atoms with van der Waals surface area (Å²) in [4.78, 5) is 12.1. The monoisotopic (exact) mass is 258 g/mol. The van der Waals surface area contributed by atoms with Gasteiger partial charge in [0.2, 0.25) is 0 Å². The first-order valence-electron chi connectivity index (χ1n) is 7.58. The predicted octanol–water partition coefficient (Wildman–Crippen LogP) is 2.65. The van der Waals surface area contributed by atoms with E-state index in [-0.39, 0.29) is 5.56 Å². The highest BCUT2D eigenvalue weighted by atomic mass is 16.1. The average Bonchev–Trinajstić information content (AvgIpc) is 2.33. The van der Waals surface area contributed by atoms with Gasteiger partial charge >= 0.3 is 0 Å². The van der Waals surface area contributed by atoms with Crippen molar-refractivity contribution in [3.05, 3.63) is 28.7 Å². The van der Waals surface area contributed by atoms with Crippen LogP contribution >= 0.6 is 0 Å². The van der Waals surface area contributed by atoms with E-state index in [1.165, 1.54) is 38.5 Å². The van der Waals surface area contributed by atoms with E-state index in [9.17, 15) is 4.79 Å². The third-order valence-corrected chi connectivity index (χ3v) is 5.72. The maximum atomic E-state index is 12.1. The molecule has 2 N–H and O–H groups in total. The molecule has 0 amide bonds. The van der Waals surface area contributed by atoms with Gasteiger partial charge in [0.05, 0.1) is 5.69 Å². The van der Waals surface area contributed by atoms with E-state index in [4.69, 9.17) is 5.73 Å². The Labute approximate surface area is 113 Å². The van der Waals surface area contributed by atoms with Gasteiger partial charge in [0.25, 0.3) is 5.56 Å². The molecular formula is C16H22N2O. The molecule has 4 saturated carbocycles. The van der Waals surface area contributed by atoms with Crippen LogP contribution in [0.3, 0.4) is 0 Å². The van der Waals surface area contributed by atoms with Crippen molar-refractivity contribution < 1.29 is 0 Å². The normalized spacial score (nSPS) is 39.7. The van der Waals surface area contributed by atoms with Crippen molar-refractivity contribution in [1.82, 2.24) is 4.57 Å². The molecule has 1 heterocycles. The Morgan fingerprint density at radius 2 is 1.74 bits per heavy atom. The quantitative estimate of drug-likeness (QED) is 0.886. The minimum Gasteiger partial charge on any atom is -0.394 e. The summed E-state index contributed by atoms with van der Waals surface area (Å²) >= 11 is 0. The van der Waals surface area contributed by atoms with Crippen LogP contribution in [-0.2, 0) is 6.54 Å². The fourth-order valence-electron chi connectivity index (χ4n) is 5.52. The second-order valence-corrected chi connectivity index (χ2v) is 7.31. The number of nitrogens with zero attached hydrogens (tertiary/aromatic N) is 1. The van der Waals surface area contributed by atoms with Crippen molar-refractivity contribution in [2.24, 2.45) is 23.2 Å². The smallest absolute Gasteiger partial charge is 0.273 e. The number of hydrogen-bond donors (Lipinski definition) is 1. The molecule has 5 rings (SSSR count). The van der Waals surface area contributed by atoms with Gasteiger partial charge in [0.15, 0.2) is 0 Å². The molecule has 0 atom stereocenters. The summed E-state index contributed by atoms with van der Waals surface area (Å²) in [6.07, 6.45) is 10.3. The van der Waals surface area contributed by atoms with E-state index in [1.54, 1.807) is 6.07 Å². The topological polar surface area (TPSA) is 48.0 Å². The maximum absolute atomic E-state index is 12.1. The molecule has 0 aromatic carbocycles. The molecule has 4 aliphatic carbocycles. The van der Waals surface area contributed by atoms with Crippen molar-refractivity contribution in [3.63, 3.8) is 0 Å². The van der Waals surface area contributed by atoms with Crippen LogP contribution in [0.15, 0.2) is 23.1 Å². The van der Waals surface area contributed by atoms with Crippen LogP contribution in [0.25, 0.3) is 0 Å². The molecule has 1 aromatic rings. The Kier molecular flexibility index (Phi) is 2.36. The molecule has 4 fully saturated rings. The zero-order valence-electron chi connectivity index (χ0n) is 11.3. The Morgan fingerprint density at radius 3 is 2.32 bits per heavy atom. The number of rotatable bonds is 2. The van der Waals surface area contributed by atoms with Crippen LogP contribution in [0.5, 0.6) is 0 Å². The molecule has 1 aromatic heterocycles. The zero-order chi connectivity index (χ0) is 13.0. The molecule has 3 heteroatoms. The van der Waals surface area contributed by atoms with Gasteiger partial charge in [-0.15, -0.1) is 0 Å². The SMILES string of the molecule is Nc1cccn(CC23CC4CC(CC(C4)C2)C3)c1=O. The summed E-state index contributed by atoms with van der Waals surface area (Å²) in [5.41, 5.74) is 6.53. The first-order valence-corrected chi connectivity index (χ1v) is 7.58. The first kappa shape index (κ1) is 11.6. The lowest BCUT2D eigenvalue weighted by molar-refractivity contribution is -0.0623. The molecule has 0 radical (unpaired) electrons. The van der Waals surface area contributed by atoms with Crippen LogP contribution in [-0.4, -0.2) is 4.57 Å². The molecule has 3 nitrogen and oxygen atoms in total. The summed E-state index contributed by atoms with van der Waals surface area (Å²) in [6.45, 7) is 0.889. The van der Waals surface area contributed by atoms with Gasteiger partial charge < -0.3 is 10.3 Å². The van der Waals surface area contributed by atoms with E-state index < -0.39 is 0 Å². The lowest BCUT2D eigenvalue weighted by atomic mass is 9.49. The summed E-state index contributed by atoms with van der Waals surface area (Å²) in [6, 6.07) is 3.61. The van der Waals surface area contributed by atoms with Crippen molar-refractivity contribution in [2.45, 2.75) is 45.1 Å². The molecule has 0 spiro atoms. The maximum Gasteiger partial charge on any atom is 0.273 e. The Balaban J connectivity index is 1.66. The van der Waals surface area contributed by atoms with E-state index in [1.807, 2.05) is 16.8 Å². The van der Waals surface area contributed by atoms with Crippen molar-refractivity contribution >= 4 is 5.69 Å². The summed E-state index contributed by atoms with van der Waals surface area (Å²) in [5, 5.41) is 0. The van der Waals surface area contributed by atoms with Gasteiger partial charge in [-0.2, -0.15) is 0 Å². The van der Waals surface area contributed by atoms with Gasteiger partial charge in [-0.25, -0.2) is 0 Å². The highest BCUT2D eigenvalue weighted by Gasteiger charge is 2.50. The number of aromatic nitrogens is 1. The predicted molar refractivity (Wildman–Crippen MR) is 75.7 cm³/mol. The highest BCUT2D eigenvalue weighted by molar-refractivity contribution is 5.33. The zero-order valence-corrected chi connectivity index (χ0v) is 11.3. The van der Waals surface area contributed by atoms with Gasteiger partial charge in [0.1, 0.15) is 0 Å². The number of pyridine rings is 1. The minimum absolute atomic E-state index is 0.00162. The molecule has 0 aliphatic heterocycles. The summed E-state index contributed by atoms with van der Waals surface area (Å²) in [7, 11) is 0. The Bertz CT molecular complexity index is 525. The van der Waals surface area contributed by atoms with E-state index >= 15 is 0 Å². The number of anilines is 1. The third-order valence-electron chi connectivity index (χ3n) is 5.72. The van der Waals surface area contributed by atoms with Crippen LogP contribution in [0.4, 0.5) is 5.69 Å². The second-order valence-electron chi connectivity index (χ2n) is 7.31. The summed E-state index contributed by atoms with van der Waals surface area (Å²) < 4.78 is 1.86. The first-order chi connectivity index (χ1) is 9.13. The Hall–Kier alpha value is -1.25. The molecule has 4 bridgehead atoms. The van der Waals surface area contributed by atoms with Crippen molar-refractivity contribution in [1.29, 1.82) is 0 Å². The van der Waals surface area contributed by atoms with Gasteiger partial charge in [-0.3, -0.25) is 4.79 Å². The van der Waals surface area contributed by atoms with Crippen LogP contribution in [0.1, 0.15) is 38.5 Å². The standard InChI is InChI=1S/C16H22N2O/c17-14-2-1-3-18(15(14)19)10-16-7-11-4-12(8-16)6-13(5-11)9-16/h1-3,11-13H,4-10,17H2. The highest BCUT2D eigenvalue weighted by Crippen LogP contribution is 2.60.